The quantitative estimate of drug-likeness (QED) is 0.162. The van der Waals surface area contributed by atoms with Crippen molar-refractivity contribution in [2.75, 3.05) is 5.32 Å². The Bertz CT molecular complexity index is 1670. The van der Waals surface area contributed by atoms with Crippen LogP contribution in [0.2, 0.25) is 0 Å². The lowest BCUT2D eigenvalue weighted by Gasteiger charge is -2.20. The minimum atomic E-state index is -1.30. The minimum absolute atomic E-state index is 0.0147. The fraction of sp³-hybridized carbons (Fsp3) is 0.273. The fourth-order valence-electron chi connectivity index (χ4n) is 4.97. The highest BCUT2D eigenvalue weighted by Crippen LogP contribution is 2.42. The molecule has 7 nitrogen and oxygen atoms in total. The summed E-state index contributed by atoms with van der Waals surface area (Å²) in [5.41, 5.74) is 1.95. The van der Waals surface area contributed by atoms with Crippen molar-refractivity contribution in [3.05, 3.63) is 102 Å². The van der Waals surface area contributed by atoms with E-state index in [0.29, 0.717) is 22.5 Å². The number of carbonyl (C=O) groups is 2. The van der Waals surface area contributed by atoms with E-state index in [9.17, 15) is 24.2 Å². The van der Waals surface area contributed by atoms with Gasteiger partial charge in [0.2, 0.25) is 0 Å². The maximum absolute atomic E-state index is 14.7. The van der Waals surface area contributed by atoms with E-state index in [1.165, 1.54) is 0 Å². The van der Waals surface area contributed by atoms with E-state index in [1.54, 1.807) is 65.2 Å². The number of rotatable bonds is 12. The van der Waals surface area contributed by atoms with Crippen molar-refractivity contribution in [1.29, 1.82) is 0 Å². The minimum Gasteiger partial charge on any atom is -0.481 e. The standard InChI is InChI=1S/C33H35FN2O5/c1-21(2)31-30(33(41)35-25-11-7-4-8-12-25)29(22-9-5-3-6-10-22)32(23-13-15-24(34)16-14-23)36(31)18-17-26(37)19-27(38)20-28(39)40/h3-16,21,26-27,37-38H,17-20H2,1-2H3,(H,35,41)(H,39,40)/t26-,27-/m1/s1/i13D,14D,15D,16D. The van der Waals surface area contributed by atoms with Crippen LogP contribution in [-0.2, 0) is 11.3 Å². The molecule has 0 radical (unpaired) electrons. The number of hydrogen-bond donors (Lipinski definition) is 4. The molecule has 1 amide bonds. The van der Waals surface area contributed by atoms with Crippen LogP contribution in [0.5, 0.6) is 0 Å². The van der Waals surface area contributed by atoms with E-state index in [0.717, 1.165) is 0 Å². The fourth-order valence-corrected chi connectivity index (χ4v) is 4.97. The average Bonchev–Trinajstić information content (AvgIpc) is 3.33. The number of benzene rings is 3. The second-order valence-electron chi connectivity index (χ2n) is 10.1. The molecule has 3 aromatic carbocycles. The van der Waals surface area contributed by atoms with Gasteiger partial charge in [-0.1, -0.05) is 62.4 Å². The van der Waals surface area contributed by atoms with Crippen LogP contribution in [0.15, 0.2) is 84.8 Å². The Labute approximate surface area is 244 Å². The lowest BCUT2D eigenvalue weighted by Crippen LogP contribution is -2.22. The van der Waals surface area contributed by atoms with E-state index in [4.69, 9.17) is 10.6 Å². The molecule has 0 bridgehead atoms. The number of aliphatic hydroxyl groups is 2. The number of anilines is 1. The van der Waals surface area contributed by atoms with E-state index < -0.39 is 60.5 Å². The van der Waals surface area contributed by atoms with Gasteiger partial charge >= 0.3 is 5.97 Å². The number of hydrogen-bond acceptors (Lipinski definition) is 4. The first-order valence-corrected chi connectivity index (χ1v) is 13.4. The molecule has 8 heteroatoms. The van der Waals surface area contributed by atoms with Crippen LogP contribution in [0.1, 0.15) is 60.6 Å². The number of nitrogens with one attached hydrogen (secondary N) is 1. The van der Waals surface area contributed by atoms with Gasteiger partial charge in [0.15, 0.2) is 0 Å². The lowest BCUT2D eigenvalue weighted by molar-refractivity contribution is -0.139. The summed E-state index contributed by atoms with van der Waals surface area (Å²) in [6.07, 6.45) is -3.26. The number of carboxylic acids is 1. The number of para-hydroxylation sites is 1. The third-order valence-electron chi connectivity index (χ3n) is 6.64. The zero-order chi connectivity index (χ0) is 33.0. The number of aliphatic carboxylic acids is 1. The Morgan fingerprint density at radius 3 is 2.12 bits per heavy atom. The summed E-state index contributed by atoms with van der Waals surface area (Å²) < 4.78 is 50.3. The number of carboxylic acid groups (broad SMARTS) is 1. The van der Waals surface area contributed by atoms with Crippen molar-refractivity contribution in [2.45, 2.75) is 57.8 Å². The zero-order valence-corrected chi connectivity index (χ0v) is 22.8. The monoisotopic (exact) mass is 562 g/mol. The van der Waals surface area contributed by atoms with E-state index in [-0.39, 0.29) is 42.1 Å². The maximum atomic E-state index is 14.7. The predicted octanol–water partition coefficient (Wildman–Crippen LogP) is 6.31. The van der Waals surface area contributed by atoms with Crippen molar-refractivity contribution in [3.63, 3.8) is 0 Å². The summed E-state index contributed by atoms with van der Waals surface area (Å²) in [6, 6.07) is 14.5. The second-order valence-corrected chi connectivity index (χ2v) is 10.1. The molecule has 2 atom stereocenters. The number of halogens is 1. The maximum Gasteiger partial charge on any atom is 0.305 e. The molecular formula is C33H35FN2O5. The number of nitrogens with zero attached hydrogens (tertiary/aromatic N) is 1. The molecule has 214 valence electrons. The van der Waals surface area contributed by atoms with Crippen LogP contribution < -0.4 is 5.32 Å². The third-order valence-corrected chi connectivity index (χ3v) is 6.64. The normalized spacial score (nSPS) is 14.1. The second kappa shape index (κ2) is 13.4. The number of aromatic nitrogens is 1. The highest BCUT2D eigenvalue weighted by molar-refractivity contribution is 6.12. The molecule has 41 heavy (non-hydrogen) atoms. The molecule has 4 N–H and O–H groups in total. The SMILES string of the molecule is [2H]c1c([2H])c(-c2c(-c3ccccc3)c(C(=O)Nc3ccccc3)c(C(C)C)n2CC[C@@H](O)C[C@@H](O)CC(=O)O)c([2H])c([2H])c1F. The molecule has 0 aliphatic heterocycles. The Hall–Kier alpha value is -4.27. The molecule has 0 fully saturated rings. The van der Waals surface area contributed by atoms with Gasteiger partial charge in [-0.15, -0.1) is 0 Å². The highest BCUT2D eigenvalue weighted by Gasteiger charge is 2.31. The molecule has 0 spiro atoms. The van der Waals surface area contributed by atoms with Crippen LogP contribution in [0.4, 0.5) is 10.1 Å². The van der Waals surface area contributed by atoms with Crippen LogP contribution in [0.3, 0.4) is 0 Å². The van der Waals surface area contributed by atoms with Gasteiger partial charge in [-0.2, -0.15) is 0 Å². The van der Waals surface area contributed by atoms with Gasteiger partial charge in [0.25, 0.3) is 5.91 Å². The Kier molecular flexibility index (Phi) is 8.01. The van der Waals surface area contributed by atoms with Crippen LogP contribution in [-0.4, -0.2) is 44.0 Å². The van der Waals surface area contributed by atoms with Gasteiger partial charge in [-0.25, -0.2) is 4.39 Å². The van der Waals surface area contributed by atoms with Crippen molar-refractivity contribution >= 4 is 17.6 Å². The molecule has 0 saturated carbocycles. The number of carbonyl (C=O) groups excluding carboxylic acids is 1. The summed E-state index contributed by atoms with van der Waals surface area (Å²) in [7, 11) is 0. The first kappa shape index (κ1) is 24.5. The summed E-state index contributed by atoms with van der Waals surface area (Å²) in [4.78, 5) is 25.2. The van der Waals surface area contributed by atoms with Crippen molar-refractivity contribution in [3.8, 4) is 22.4 Å². The number of amides is 1. The van der Waals surface area contributed by atoms with Crippen molar-refractivity contribution in [1.82, 2.24) is 4.57 Å². The first-order valence-electron chi connectivity index (χ1n) is 15.4. The Morgan fingerprint density at radius 1 is 0.927 bits per heavy atom. The molecule has 1 heterocycles. The molecule has 0 unspecified atom stereocenters. The van der Waals surface area contributed by atoms with E-state index in [2.05, 4.69) is 5.32 Å². The van der Waals surface area contributed by atoms with Crippen molar-refractivity contribution < 1.29 is 34.8 Å². The van der Waals surface area contributed by atoms with E-state index in [1.807, 2.05) is 13.8 Å². The Balaban J connectivity index is 2.04. The zero-order valence-electron chi connectivity index (χ0n) is 26.8. The summed E-state index contributed by atoms with van der Waals surface area (Å²) in [6.45, 7) is 3.67. The lowest BCUT2D eigenvalue weighted by atomic mass is 9.94. The molecule has 0 aliphatic rings. The van der Waals surface area contributed by atoms with Crippen LogP contribution in [0, 0.1) is 5.82 Å². The summed E-state index contributed by atoms with van der Waals surface area (Å²) in [5.74, 6) is -3.37. The van der Waals surface area contributed by atoms with Crippen molar-refractivity contribution in [2.24, 2.45) is 0 Å². The molecule has 4 rings (SSSR count). The predicted molar refractivity (Wildman–Crippen MR) is 157 cm³/mol. The van der Waals surface area contributed by atoms with Gasteiger partial charge in [-0.05, 0) is 66.2 Å². The van der Waals surface area contributed by atoms with Crippen LogP contribution in [0.25, 0.3) is 22.4 Å². The molecular weight excluding hydrogens is 523 g/mol. The number of aliphatic hydroxyl groups excluding tert-OH is 2. The smallest absolute Gasteiger partial charge is 0.305 e. The van der Waals surface area contributed by atoms with Crippen LogP contribution >= 0.6 is 0 Å². The molecule has 0 saturated heterocycles. The van der Waals surface area contributed by atoms with Gasteiger partial charge in [0.1, 0.15) is 5.82 Å². The topological polar surface area (TPSA) is 112 Å². The molecule has 0 aliphatic carbocycles. The Morgan fingerprint density at radius 2 is 1.54 bits per heavy atom. The molecule has 1 aromatic heterocycles. The summed E-state index contributed by atoms with van der Waals surface area (Å²) in [5, 5.41) is 32.8. The summed E-state index contributed by atoms with van der Waals surface area (Å²) >= 11 is 0. The van der Waals surface area contributed by atoms with Gasteiger partial charge in [0, 0.05) is 23.5 Å². The van der Waals surface area contributed by atoms with Gasteiger partial charge < -0.3 is 25.2 Å². The average molecular weight is 563 g/mol. The first-order chi connectivity index (χ1) is 21.3. The molecule has 4 aromatic rings. The van der Waals surface area contributed by atoms with Gasteiger partial charge in [0.05, 0.1) is 35.4 Å². The third kappa shape index (κ3) is 7.28. The highest BCUT2D eigenvalue weighted by atomic mass is 19.1. The van der Waals surface area contributed by atoms with Gasteiger partial charge in [-0.3, -0.25) is 9.59 Å². The van der Waals surface area contributed by atoms with E-state index >= 15 is 0 Å². The largest absolute Gasteiger partial charge is 0.481 e.